The highest BCUT2D eigenvalue weighted by molar-refractivity contribution is 5.78. The SMILES string of the molecule is CCOC(=O)[C@H]1[C@@H]2C[C@@H](OCc3ccc(F)cc3)[C@@](N)(C#N)[C@@H]21. The molecule has 23 heavy (non-hydrogen) atoms. The smallest absolute Gasteiger partial charge is 0.309 e. The average molecular weight is 318 g/mol. The van der Waals surface area contributed by atoms with Gasteiger partial charge in [-0.2, -0.15) is 5.26 Å². The van der Waals surface area contributed by atoms with E-state index in [0.29, 0.717) is 13.0 Å². The van der Waals surface area contributed by atoms with Gasteiger partial charge in [-0.05, 0) is 37.0 Å². The van der Waals surface area contributed by atoms with Crippen molar-refractivity contribution in [2.45, 2.75) is 31.6 Å². The quantitative estimate of drug-likeness (QED) is 0.836. The summed E-state index contributed by atoms with van der Waals surface area (Å²) in [6.45, 7) is 2.34. The number of halogens is 1. The van der Waals surface area contributed by atoms with Gasteiger partial charge in [0.1, 0.15) is 11.4 Å². The maximum Gasteiger partial charge on any atom is 0.309 e. The van der Waals surface area contributed by atoms with Gasteiger partial charge in [-0.3, -0.25) is 4.79 Å². The van der Waals surface area contributed by atoms with Crippen LogP contribution in [0.5, 0.6) is 0 Å². The van der Waals surface area contributed by atoms with Crippen molar-refractivity contribution in [1.82, 2.24) is 0 Å². The summed E-state index contributed by atoms with van der Waals surface area (Å²) in [6.07, 6.45) is 0.137. The van der Waals surface area contributed by atoms with E-state index in [1.807, 2.05) is 0 Å². The molecule has 122 valence electrons. The minimum atomic E-state index is -1.18. The number of hydrogen-bond donors (Lipinski definition) is 1. The van der Waals surface area contributed by atoms with Gasteiger partial charge in [0, 0.05) is 5.92 Å². The van der Waals surface area contributed by atoms with Gasteiger partial charge in [-0.25, -0.2) is 4.39 Å². The van der Waals surface area contributed by atoms with Crippen LogP contribution in [0.25, 0.3) is 0 Å². The highest BCUT2D eigenvalue weighted by Gasteiger charge is 2.72. The summed E-state index contributed by atoms with van der Waals surface area (Å²) < 4.78 is 23.7. The topological polar surface area (TPSA) is 85.3 Å². The molecular formula is C17H19FN2O3. The molecule has 0 bridgehead atoms. The summed E-state index contributed by atoms with van der Waals surface area (Å²) in [5.74, 6) is -1.02. The van der Waals surface area contributed by atoms with Crippen molar-refractivity contribution >= 4 is 5.97 Å². The van der Waals surface area contributed by atoms with Crippen molar-refractivity contribution < 1.29 is 18.7 Å². The Balaban J connectivity index is 1.63. The van der Waals surface area contributed by atoms with Crippen molar-refractivity contribution in [2.24, 2.45) is 23.5 Å². The van der Waals surface area contributed by atoms with E-state index < -0.39 is 11.6 Å². The third-order valence-corrected chi connectivity index (χ3v) is 4.86. The lowest BCUT2D eigenvalue weighted by Gasteiger charge is -2.28. The highest BCUT2D eigenvalue weighted by Crippen LogP contribution is 2.62. The summed E-state index contributed by atoms with van der Waals surface area (Å²) in [4.78, 5) is 11.9. The van der Waals surface area contributed by atoms with Gasteiger partial charge < -0.3 is 15.2 Å². The van der Waals surface area contributed by atoms with Crippen LogP contribution in [-0.4, -0.2) is 24.2 Å². The zero-order valence-corrected chi connectivity index (χ0v) is 12.9. The molecule has 0 aromatic heterocycles. The van der Waals surface area contributed by atoms with Gasteiger partial charge in [-0.15, -0.1) is 0 Å². The lowest BCUT2D eigenvalue weighted by molar-refractivity contribution is -0.146. The number of rotatable bonds is 5. The Labute approximate surface area is 134 Å². The Morgan fingerprint density at radius 1 is 1.48 bits per heavy atom. The van der Waals surface area contributed by atoms with Crippen molar-refractivity contribution in [2.75, 3.05) is 6.61 Å². The maximum atomic E-state index is 12.9. The van der Waals surface area contributed by atoms with Gasteiger partial charge in [0.15, 0.2) is 0 Å². The Morgan fingerprint density at radius 2 is 2.17 bits per heavy atom. The van der Waals surface area contributed by atoms with Crippen LogP contribution in [0.2, 0.25) is 0 Å². The second-order valence-corrected chi connectivity index (χ2v) is 6.17. The van der Waals surface area contributed by atoms with Crippen LogP contribution in [0.1, 0.15) is 18.9 Å². The lowest BCUT2D eigenvalue weighted by Crippen LogP contribution is -2.51. The number of benzene rings is 1. The number of carbonyl (C=O) groups is 1. The average Bonchev–Trinajstić information content (AvgIpc) is 3.20. The highest BCUT2D eigenvalue weighted by atomic mass is 19.1. The molecule has 0 radical (unpaired) electrons. The number of nitrogens with zero attached hydrogens (tertiary/aromatic N) is 1. The molecule has 0 saturated heterocycles. The molecule has 2 aliphatic rings. The number of esters is 1. The monoisotopic (exact) mass is 318 g/mol. The molecule has 0 amide bonds. The van der Waals surface area contributed by atoms with E-state index in [2.05, 4.69) is 6.07 Å². The van der Waals surface area contributed by atoms with Crippen LogP contribution in [0.15, 0.2) is 24.3 Å². The number of ether oxygens (including phenoxy) is 2. The minimum Gasteiger partial charge on any atom is -0.466 e. The Morgan fingerprint density at radius 3 is 2.78 bits per heavy atom. The van der Waals surface area contributed by atoms with Gasteiger partial charge in [0.05, 0.1) is 31.3 Å². The molecule has 0 spiro atoms. The molecule has 2 aliphatic carbocycles. The number of carbonyl (C=O) groups excluding carboxylic acids is 1. The molecule has 5 atom stereocenters. The van der Waals surface area contributed by atoms with Gasteiger partial charge in [0.2, 0.25) is 0 Å². The molecule has 1 aromatic carbocycles. The fourth-order valence-corrected chi connectivity index (χ4v) is 3.67. The molecule has 6 heteroatoms. The second-order valence-electron chi connectivity index (χ2n) is 6.17. The third-order valence-electron chi connectivity index (χ3n) is 4.86. The molecule has 3 rings (SSSR count). The fraction of sp³-hybridized carbons (Fsp3) is 0.529. The first-order chi connectivity index (χ1) is 11.0. The van der Waals surface area contributed by atoms with Crippen LogP contribution in [-0.2, 0) is 20.9 Å². The first-order valence-electron chi connectivity index (χ1n) is 7.74. The molecule has 0 heterocycles. The van der Waals surface area contributed by atoms with E-state index >= 15 is 0 Å². The Hall–Kier alpha value is -1.97. The predicted molar refractivity (Wildman–Crippen MR) is 79.2 cm³/mol. The van der Waals surface area contributed by atoms with Crippen LogP contribution in [0.4, 0.5) is 4.39 Å². The van der Waals surface area contributed by atoms with Gasteiger partial charge in [-0.1, -0.05) is 12.1 Å². The fourth-order valence-electron chi connectivity index (χ4n) is 3.67. The number of hydrogen-bond acceptors (Lipinski definition) is 5. The van der Waals surface area contributed by atoms with Crippen LogP contribution in [0.3, 0.4) is 0 Å². The van der Waals surface area contributed by atoms with E-state index in [0.717, 1.165) is 5.56 Å². The van der Waals surface area contributed by atoms with Crippen LogP contribution >= 0.6 is 0 Å². The number of nitrogens with two attached hydrogens (primary N) is 1. The molecule has 2 N–H and O–H groups in total. The standard InChI is InChI=1S/C17H19FN2O3/c1-2-22-16(21)14-12-7-13(17(20,9-19)15(12)14)23-8-10-3-5-11(18)6-4-10/h3-6,12-15H,2,7-8,20H2,1H3/t12-,13+,14-,15-,17-/m0/s1. The predicted octanol–water partition coefficient (Wildman–Crippen LogP) is 1.76. The first kappa shape index (κ1) is 15.9. The molecule has 2 saturated carbocycles. The normalized spacial score (nSPS) is 34.5. The zero-order valence-electron chi connectivity index (χ0n) is 12.9. The summed E-state index contributed by atoms with van der Waals surface area (Å²) >= 11 is 0. The lowest BCUT2D eigenvalue weighted by atomic mass is 9.90. The molecule has 1 aromatic rings. The summed E-state index contributed by atoms with van der Waals surface area (Å²) in [7, 11) is 0. The molecule has 5 nitrogen and oxygen atoms in total. The van der Waals surface area contributed by atoms with Crippen molar-refractivity contribution in [1.29, 1.82) is 5.26 Å². The third kappa shape index (κ3) is 2.71. The molecular weight excluding hydrogens is 299 g/mol. The van der Waals surface area contributed by atoms with Crippen LogP contribution in [0, 0.1) is 34.9 Å². The number of nitriles is 1. The van der Waals surface area contributed by atoms with Crippen molar-refractivity contribution in [3.8, 4) is 6.07 Å². The van der Waals surface area contributed by atoms with Crippen molar-refractivity contribution in [3.63, 3.8) is 0 Å². The first-order valence-corrected chi connectivity index (χ1v) is 7.74. The van der Waals surface area contributed by atoms with E-state index in [1.54, 1.807) is 19.1 Å². The van der Waals surface area contributed by atoms with E-state index in [4.69, 9.17) is 15.2 Å². The Kier molecular flexibility index (Phi) is 4.09. The minimum absolute atomic E-state index is 0.0527. The summed E-state index contributed by atoms with van der Waals surface area (Å²) in [6, 6.07) is 8.14. The summed E-state index contributed by atoms with van der Waals surface area (Å²) in [5, 5.41) is 9.50. The van der Waals surface area contributed by atoms with Crippen LogP contribution < -0.4 is 5.73 Å². The zero-order chi connectivity index (χ0) is 16.6. The molecule has 0 aliphatic heterocycles. The number of fused-ring (bicyclic) bond motifs is 1. The Bertz CT molecular complexity index is 642. The van der Waals surface area contributed by atoms with Gasteiger partial charge >= 0.3 is 5.97 Å². The summed E-state index contributed by atoms with van der Waals surface area (Å²) in [5.41, 5.74) is 5.88. The van der Waals surface area contributed by atoms with Crippen molar-refractivity contribution in [3.05, 3.63) is 35.6 Å². The van der Waals surface area contributed by atoms with E-state index in [1.165, 1.54) is 12.1 Å². The van der Waals surface area contributed by atoms with E-state index in [9.17, 15) is 14.4 Å². The van der Waals surface area contributed by atoms with Gasteiger partial charge in [0.25, 0.3) is 0 Å². The molecule has 2 fully saturated rings. The maximum absolute atomic E-state index is 12.9. The van der Waals surface area contributed by atoms with E-state index in [-0.39, 0.29) is 36.1 Å². The second kappa shape index (κ2) is 5.91. The largest absolute Gasteiger partial charge is 0.466 e. The molecule has 0 unspecified atom stereocenters.